The molecule has 1 rings (SSSR count). The zero-order chi connectivity index (χ0) is 15.0. The highest BCUT2D eigenvalue weighted by atomic mass is 16.5. The fourth-order valence-corrected chi connectivity index (χ4v) is 1.84. The molecule has 0 atom stereocenters. The molecule has 1 aromatic carbocycles. The standard InChI is InChI=1S/C15H22N2O3/c1-4-5-6-9-16-15(19)13-10-12(17-11(2)18)7-8-14(13)20-3/h7-8,10H,4-6,9H2,1-3H3,(H,16,19)(H,17,18). The van der Waals surface area contributed by atoms with Crippen molar-refractivity contribution in [2.45, 2.75) is 33.1 Å². The average Bonchev–Trinajstić information content (AvgIpc) is 2.42. The van der Waals surface area contributed by atoms with Gasteiger partial charge in [-0.2, -0.15) is 0 Å². The summed E-state index contributed by atoms with van der Waals surface area (Å²) in [5, 5.41) is 5.51. The fraction of sp³-hybridized carbons (Fsp3) is 0.467. The van der Waals surface area contributed by atoms with Crippen molar-refractivity contribution in [3.63, 3.8) is 0 Å². The summed E-state index contributed by atoms with van der Waals surface area (Å²) in [7, 11) is 1.52. The van der Waals surface area contributed by atoms with Crippen LogP contribution in [0.3, 0.4) is 0 Å². The fourth-order valence-electron chi connectivity index (χ4n) is 1.84. The topological polar surface area (TPSA) is 67.4 Å². The molecular formula is C15H22N2O3. The normalized spacial score (nSPS) is 9.95. The van der Waals surface area contributed by atoms with Crippen LogP contribution in [0.5, 0.6) is 5.75 Å². The summed E-state index contributed by atoms with van der Waals surface area (Å²) in [6.07, 6.45) is 3.15. The van der Waals surface area contributed by atoms with E-state index in [-0.39, 0.29) is 11.8 Å². The smallest absolute Gasteiger partial charge is 0.255 e. The first-order chi connectivity index (χ1) is 9.58. The van der Waals surface area contributed by atoms with Crippen molar-refractivity contribution in [3.05, 3.63) is 23.8 Å². The first kappa shape index (κ1) is 16.0. The highest BCUT2D eigenvalue weighted by molar-refractivity contribution is 5.99. The number of hydrogen-bond acceptors (Lipinski definition) is 3. The number of rotatable bonds is 7. The van der Waals surface area contributed by atoms with Crippen molar-refractivity contribution in [1.82, 2.24) is 5.32 Å². The summed E-state index contributed by atoms with van der Waals surface area (Å²) in [5.74, 6) is 0.127. The van der Waals surface area contributed by atoms with Crippen LogP contribution in [0.1, 0.15) is 43.5 Å². The average molecular weight is 278 g/mol. The van der Waals surface area contributed by atoms with Crippen molar-refractivity contribution < 1.29 is 14.3 Å². The van der Waals surface area contributed by atoms with Crippen molar-refractivity contribution in [2.75, 3.05) is 19.0 Å². The summed E-state index contributed by atoms with van der Waals surface area (Å²) in [6, 6.07) is 5.00. The van der Waals surface area contributed by atoms with Gasteiger partial charge >= 0.3 is 0 Å². The van der Waals surface area contributed by atoms with E-state index in [0.29, 0.717) is 23.5 Å². The van der Waals surface area contributed by atoms with Gasteiger partial charge in [-0.3, -0.25) is 9.59 Å². The monoisotopic (exact) mass is 278 g/mol. The van der Waals surface area contributed by atoms with Gasteiger partial charge in [-0.1, -0.05) is 19.8 Å². The molecule has 2 amide bonds. The Morgan fingerprint density at radius 1 is 1.25 bits per heavy atom. The van der Waals surface area contributed by atoms with E-state index >= 15 is 0 Å². The molecule has 1 aromatic rings. The van der Waals surface area contributed by atoms with Gasteiger partial charge in [0, 0.05) is 19.2 Å². The van der Waals surface area contributed by atoms with Crippen molar-refractivity contribution >= 4 is 17.5 Å². The van der Waals surface area contributed by atoms with Gasteiger partial charge in [0.1, 0.15) is 5.75 Å². The molecule has 0 heterocycles. The Labute approximate surface area is 119 Å². The van der Waals surface area contributed by atoms with Gasteiger partial charge in [0.2, 0.25) is 5.91 Å². The van der Waals surface area contributed by atoms with Crippen LogP contribution >= 0.6 is 0 Å². The molecule has 5 heteroatoms. The number of methoxy groups -OCH3 is 1. The molecule has 0 aliphatic heterocycles. The van der Waals surface area contributed by atoms with E-state index in [2.05, 4.69) is 17.6 Å². The lowest BCUT2D eigenvalue weighted by molar-refractivity contribution is -0.114. The lowest BCUT2D eigenvalue weighted by Crippen LogP contribution is -2.25. The first-order valence-electron chi connectivity index (χ1n) is 6.82. The minimum absolute atomic E-state index is 0.176. The summed E-state index contributed by atoms with van der Waals surface area (Å²) < 4.78 is 5.18. The number of hydrogen-bond donors (Lipinski definition) is 2. The second-order valence-corrected chi connectivity index (χ2v) is 4.56. The molecular weight excluding hydrogens is 256 g/mol. The number of ether oxygens (including phenoxy) is 1. The molecule has 0 aliphatic carbocycles. The molecule has 5 nitrogen and oxygen atoms in total. The van der Waals surface area contributed by atoms with Crippen LogP contribution in [0.15, 0.2) is 18.2 Å². The molecule has 0 aromatic heterocycles. The highest BCUT2D eigenvalue weighted by Gasteiger charge is 2.13. The van der Waals surface area contributed by atoms with Gasteiger partial charge in [-0.25, -0.2) is 0 Å². The number of carbonyl (C=O) groups excluding carboxylic acids is 2. The second-order valence-electron chi connectivity index (χ2n) is 4.56. The summed E-state index contributed by atoms with van der Waals surface area (Å²) >= 11 is 0. The van der Waals surface area contributed by atoms with Gasteiger partial charge in [-0.15, -0.1) is 0 Å². The molecule has 0 saturated heterocycles. The number of amides is 2. The van der Waals surface area contributed by atoms with E-state index < -0.39 is 0 Å². The van der Waals surface area contributed by atoms with Crippen molar-refractivity contribution in [2.24, 2.45) is 0 Å². The SMILES string of the molecule is CCCCCNC(=O)c1cc(NC(C)=O)ccc1OC. The first-order valence-corrected chi connectivity index (χ1v) is 6.82. The predicted octanol–water partition coefficient (Wildman–Crippen LogP) is 2.57. The largest absolute Gasteiger partial charge is 0.496 e. The number of carbonyl (C=O) groups is 2. The van der Waals surface area contributed by atoms with Gasteiger partial charge in [-0.05, 0) is 24.6 Å². The van der Waals surface area contributed by atoms with E-state index in [1.165, 1.54) is 14.0 Å². The van der Waals surface area contributed by atoms with Crippen molar-refractivity contribution in [3.8, 4) is 5.75 Å². The summed E-state index contributed by atoms with van der Waals surface area (Å²) in [4.78, 5) is 23.2. The third-order valence-electron chi connectivity index (χ3n) is 2.83. The minimum Gasteiger partial charge on any atom is -0.496 e. The molecule has 0 radical (unpaired) electrons. The maximum atomic E-state index is 12.1. The second kappa shape index (κ2) is 8.19. The summed E-state index contributed by atoms with van der Waals surface area (Å²) in [6.45, 7) is 4.18. The zero-order valence-electron chi connectivity index (χ0n) is 12.3. The molecule has 0 unspecified atom stereocenters. The Bertz CT molecular complexity index is 472. The molecule has 2 N–H and O–H groups in total. The van der Waals surface area contributed by atoms with E-state index in [1.54, 1.807) is 18.2 Å². The van der Waals surface area contributed by atoms with Crippen LogP contribution in [0.4, 0.5) is 5.69 Å². The maximum absolute atomic E-state index is 12.1. The molecule has 0 fully saturated rings. The van der Waals surface area contributed by atoms with Gasteiger partial charge in [0.25, 0.3) is 5.91 Å². The number of anilines is 1. The van der Waals surface area contributed by atoms with Gasteiger partial charge in [0.05, 0.1) is 12.7 Å². The zero-order valence-corrected chi connectivity index (χ0v) is 12.3. The number of nitrogens with one attached hydrogen (secondary N) is 2. The Morgan fingerprint density at radius 2 is 2.00 bits per heavy atom. The molecule has 0 saturated carbocycles. The van der Waals surface area contributed by atoms with Crippen LogP contribution in [0.2, 0.25) is 0 Å². The quantitative estimate of drug-likeness (QED) is 0.753. The van der Waals surface area contributed by atoms with Gasteiger partial charge < -0.3 is 15.4 Å². The van der Waals surface area contributed by atoms with Crippen LogP contribution in [0, 0.1) is 0 Å². The molecule has 0 spiro atoms. The lowest BCUT2D eigenvalue weighted by Gasteiger charge is -2.11. The Hall–Kier alpha value is -2.04. The third kappa shape index (κ3) is 4.91. The van der Waals surface area contributed by atoms with Crippen LogP contribution < -0.4 is 15.4 Å². The van der Waals surface area contributed by atoms with Crippen molar-refractivity contribution in [1.29, 1.82) is 0 Å². The predicted molar refractivity (Wildman–Crippen MR) is 79.2 cm³/mol. The Balaban J connectivity index is 2.78. The molecule has 110 valence electrons. The van der Waals surface area contributed by atoms with E-state index in [1.807, 2.05) is 0 Å². The Morgan fingerprint density at radius 3 is 2.60 bits per heavy atom. The van der Waals surface area contributed by atoms with E-state index in [9.17, 15) is 9.59 Å². The van der Waals surface area contributed by atoms with Crippen LogP contribution in [-0.4, -0.2) is 25.5 Å². The number of unbranched alkanes of at least 4 members (excludes halogenated alkanes) is 2. The van der Waals surface area contributed by atoms with Crippen LogP contribution in [0.25, 0.3) is 0 Å². The molecule has 0 aliphatic rings. The molecule has 20 heavy (non-hydrogen) atoms. The number of benzene rings is 1. The Kier molecular flexibility index (Phi) is 6.56. The molecule has 0 bridgehead atoms. The van der Waals surface area contributed by atoms with E-state index in [0.717, 1.165) is 19.3 Å². The van der Waals surface area contributed by atoms with Gasteiger partial charge in [0.15, 0.2) is 0 Å². The highest BCUT2D eigenvalue weighted by Crippen LogP contribution is 2.22. The van der Waals surface area contributed by atoms with E-state index in [4.69, 9.17) is 4.74 Å². The lowest BCUT2D eigenvalue weighted by atomic mass is 10.1. The summed E-state index contributed by atoms with van der Waals surface area (Å²) in [5.41, 5.74) is 1.01. The van der Waals surface area contributed by atoms with Crippen LogP contribution in [-0.2, 0) is 4.79 Å². The third-order valence-corrected chi connectivity index (χ3v) is 2.83. The minimum atomic E-state index is -0.190. The maximum Gasteiger partial charge on any atom is 0.255 e.